The normalized spacial score (nSPS) is 12.3. The van der Waals surface area contributed by atoms with Gasteiger partial charge >= 0.3 is 0 Å². The van der Waals surface area contributed by atoms with Crippen molar-refractivity contribution in [2.24, 2.45) is 5.73 Å². The van der Waals surface area contributed by atoms with Crippen molar-refractivity contribution in [3.8, 4) is 11.5 Å². The number of thiophene rings is 1. The predicted molar refractivity (Wildman–Crippen MR) is 87.4 cm³/mol. The Kier molecular flexibility index (Phi) is 3.82. The van der Waals surface area contributed by atoms with Crippen molar-refractivity contribution >= 4 is 21.4 Å². The molecular formula is C17H17NO2S. The predicted octanol–water partition coefficient (Wildman–Crippen LogP) is 3.97. The van der Waals surface area contributed by atoms with Crippen LogP contribution in [0.15, 0.2) is 47.8 Å². The molecule has 0 bridgehead atoms. The molecule has 1 aromatic heterocycles. The van der Waals surface area contributed by atoms with Crippen molar-refractivity contribution in [1.29, 1.82) is 0 Å². The summed E-state index contributed by atoms with van der Waals surface area (Å²) in [6.45, 7) is 0. The van der Waals surface area contributed by atoms with E-state index in [-0.39, 0.29) is 6.04 Å². The first-order valence-electron chi connectivity index (χ1n) is 6.69. The summed E-state index contributed by atoms with van der Waals surface area (Å²) in [4.78, 5) is 0. The topological polar surface area (TPSA) is 44.5 Å². The van der Waals surface area contributed by atoms with Crippen LogP contribution < -0.4 is 15.2 Å². The second-order valence-corrected chi connectivity index (χ2v) is 5.66. The molecule has 0 radical (unpaired) electrons. The lowest BCUT2D eigenvalue weighted by molar-refractivity contribution is 0.350. The number of benzene rings is 2. The Morgan fingerprint density at radius 1 is 0.952 bits per heavy atom. The van der Waals surface area contributed by atoms with E-state index in [9.17, 15) is 0 Å². The molecule has 4 heteroatoms. The van der Waals surface area contributed by atoms with Gasteiger partial charge < -0.3 is 15.2 Å². The second-order valence-electron chi connectivity index (χ2n) is 4.75. The van der Waals surface area contributed by atoms with Crippen LogP contribution in [0.5, 0.6) is 11.5 Å². The molecule has 0 amide bonds. The Hall–Kier alpha value is -2.04. The largest absolute Gasteiger partial charge is 0.493 e. The molecule has 21 heavy (non-hydrogen) atoms. The molecule has 1 atom stereocenters. The van der Waals surface area contributed by atoms with Gasteiger partial charge in [-0.25, -0.2) is 0 Å². The summed E-state index contributed by atoms with van der Waals surface area (Å²) in [5.41, 5.74) is 8.55. The minimum Gasteiger partial charge on any atom is -0.493 e. The van der Waals surface area contributed by atoms with E-state index in [1.165, 1.54) is 10.1 Å². The van der Waals surface area contributed by atoms with Gasteiger partial charge in [-0.2, -0.15) is 0 Å². The van der Waals surface area contributed by atoms with Crippen LogP contribution in [0.1, 0.15) is 17.2 Å². The lowest BCUT2D eigenvalue weighted by Crippen LogP contribution is -2.13. The zero-order chi connectivity index (χ0) is 14.8. The molecule has 1 heterocycles. The highest BCUT2D eigenvalue weighted by molar-refractivity contribution is 7.17. The average molecular weight is 299 g/mol. The molecule has 0 spiro atoms. The highest BCUT2D eigenvalue weighted by Crippen LogP contribution is 2.38. The molecule has 2 aromatic carbocycles. The number of para-hydroxylation sites is 1. The van der Waals surface area contributed by atoms with Gasteiger partial charge in [0.05, 0.1) is 20.3 Å². The van der Waals surface area contributed by atoms with Crippen molar-refractivity contribution in [3.63, 3.8) is 0 Å². The van der Waals surface area contributed by atoms with E-state index in [0.29, 0.717) is 11.5 Å². The van der Waals surface area contributed by atoms with Gasteiger partial charge in [0.15, 0.2) is 11.5 Å². The monoisotopic (exact) mass is 299 g/mol. The van der Waals surface area contributed by atoms with E-state index in [1.807, 2.05) is 24.3 Å². The molecule has 108 valence electrons. The summed E-state index contributed by atoms with van der Waals surface area (Å²) < 4.78 is 12.1. The number of hydrogen-bond donors (Lipinski definition) is 1. The maximum absolute atomic E-state index is 6.51. The molecule has 3 nitrogen and oxygen atoms in total. The molecule has 1 unspecified atom stereocenters. The molecular weight excluding hydrogens is 282 g/mol. The highest BCUT2D eigenvalue weighted by atomic mass is 32.1. The third-order valence-electron chi connectivity index (χ3n) is 3.61. The summed E-state index contributed by atoms with van der Waals surface area (Å²) in [5.74, 6) is 1.39. The Morgan fingerprint density at radius 3 is 2.48 bits per heavy atom. The van der Waals surface area contributed by atoms with E-state index >= 15 is 0 Å². The zero-order valence-electron chi connectivity index (χ0n) is 12.0. The lowest BCUT2D eigenvalue weighted by atomic mass is 9.97. The summed E-state index contributed by atoms with van der Waals surface area (Å²) in [6.07, 6.45) is 0. The second kappa shape index (κ2) is 5.76. The van der Waals surface area contributed by atoms with Crippen LogP contribution in [0.3, 0.4) is 0 Å². The van der Waals surface area contributed by atoms with Gasteiger partial charge in [0.1, 0.15) is 0 Å². The van der Waals surface area contributed by atoms with Crippen LogP contribution in [-0.4, -0.2) is 14.2 Å². The lowest BCUT2D eigenvalue weighted by Gasteiger charge is -2.18. The molecule has 0 aliphatic carbocycles. The van der Waals surface area contributed by atoms with Crippen molar-refractivity contribution in [1.82, 2.24) is 0 Å². The number of nitrogens with two attached hydrogens (primary N) is 1. The molecule has 0 aliphatic heterocycles. The number of hydrogen-bond acceptors (Lipinski definition) is 4. The maximum atomic E-state index is 6.51. The molecule has 0 saturated heterocycles. The van der Waals surface area contributed by atoms with Crippen LogP contribution in [0.25, 0.3) is 10.1 Å². The first kappa shape index (κ1) is 13.9. The van der Waals surface area contributed by atoms with Crippen LogP contribution in [0, 0.1) is 0 Å². The van der Waals surface area contributed by atoms with Gasteiger partial charge in [-0.1, -0.05) is 30.3 Å². The Bertz CT molecular complexity index is 766. The minimum atomic E-state index is -0.252. The van der Waals surface area contributed by atoms with Crippen LogP contribution in [-0.2, 0) is 0 Å². The quantitative estimate of drug-likeness (QED) is 0.793. The van der Waals surface area contributed by atoms with Crippen LogP contribution in [0.2, 0.25) is 0 Å². The van der Waals surface area contributed by atoms with Crippen molar-refractivity contribution < 1.29 is 9.47 Å². The van der Waals surface area contributed by atoms with Crippen molar-refractivity contribution in [2.45, 2.75) is 6.04 Å². The van der Waals surface area contributed by atoms with Crippen molar-refractivity contribution in [2.75, 3.05) is 14.2 Å². The fourth-order valence-electron chi connectivity index (χ4n) is 2.59. The fourth-order valence-corrected chi connectivity index (χ4v) is 3.54. The molecule has 0 fully saturated rings. The SMILES string of the molecule is COc1cccc(C(N)c2cccc3ccsc23)c1OC. The van der Waals surface area contributed by atoms with E-state index in [2.05, 4.69) is 23.6 Å². The third kappa shape index (κ3) is 2.37. The highest BCUT2D eigenvalue weighted by Gasteiger charge is 2.19. The third-order valence-corrected chi connectivity index (χ3v) is 4.59. The Morgan fingerprint density at radius 2 is 1.71 bits per heavy atom. The van der Waals surface area contributed by atoms with Gasteiger partial charge in [-0.15, -0.1) is 11.3 Å². The standard InChI is InChI=1S/C17H17NO2S/c1-19-14-8-4-6-12(16(14)20-2)15(18)13-7-3-5-11-9-10-21-17(11)13/h3-10,15H,18H2,1-2H3. The van der Waals surface area contributed by atoms with E-state index in [1.54, 1.807) is 25.6 Å². The average Bonchev–Trinajstić information content (AvgIpc) is 3.01. The summed E-state index contributed by atoms with van der Waals surface area (Å²) in [7, 11) is 3.27. The summed E-state index contributed by atoms with van der Waals surface area (Å²) >= 11 is 1.71. The molecule has 2 N–H and O–H groups in total. The van der Waals surface area contributed by atoms with Gasteiger partial charge in [-0.05, 0) is 28.5 Å². The maximum Gasteiger partial charge on any atom is 0.165 e. The Balaban J connectivity index is 2.14. The fraction of sp³-hybridized carbons (Fsp3) is 0.176. The molecule has 0 aliphatic rings. The summed E-state index contributed by atoms with van der Waals surface area (Å²) in [5, 5.41) is 3.30. The smallest absolute Gasteiger partial charge is 0.165 e. The number of rotatable bonds is 4. The van der Waals surface area contributed by atoms with E-state index < -0.39 is 0 Å². The molecule has 3 aromatic rings. The van der Waals surface area contributed by atoms with Crippen molar-refractivity contribution in [3.05, 3.63) is 59.0 Å². The molecule has 3 rings (SSSR count). The van der Waals surface area contributed by atoms with Gasteiger partial charge in [0.2, 0.25) is 0 Å². The van der Waals surface area contributed by atoms with Gasteiger partial charge in [0, 0.05) is 10.3 Å². The number of methoxy groups -OCH3 is 2. The first-order valence-corrected chi connectivity index (χ1v) is 7.56. The van der Waals surface area contributed by atoms with E-state index in [0.717, 1.165) is 11.1 Å². The summed E-state index contributed by atoms with van der Waals surface area (Å²) in [6, 6.07) is 13.9. The zero-order valence-corrected chi connectivity index (χ0v) is 12.8. The Labute approximate surface area is 127 Å². The minimum absolute atomic E-state index is 0.252. The van der Waals surface area contributed by atoms with E-state index in [4.69, 9.17) is 15.2 Å². The van der Waals surface area contributed by atoms with Gasteiger partial charge in [-0.3, -0.25) is 0 Å². The van der Waals surface area contributed by atoms with Crippen LogP contribution in [0.4, 0.5) is 0 Å². The van der Waals surface area contributed by atoms with Gasteiger partial charge in [0.25, 0.3) is 0 Å². The number of fused-ring (bicyclic) bond motifs is 1. The first-order chi connectivity index (χ1) is 10.3. The van der Waals surface area contributed by atoms with Crippen LogP contribution >= 0.6 is 11.3 Å². The molecule has 0 saturated carbocycles. The number of ether oxygens (including phenoxy) is 2.